The van der Waals surface area contributed by atoms with Gasteiger partial charge in [-0.05, 0) is 12.1 Å². The summed E-state index contributed by atoms with van der Waals surface area (Å²) < 4.78 is 12.7. The maximum absolute atomic E-state index is 12.7. The standard InChI is InChI=1S/C11H17FN2O2/c1-11(7-15,8-16)6-14(2)10-4-3-9(12)5-13-10/h3-5,15-16H,6-8H2,1-2H3. The lowest BCUT2D eigenvalue weighted by Gasteiger charge is -2.30. The molecule has 0 spiro atoms. The van der Waals surface area contributed by atoms with Gasteiger partial charge in [0.2, 0.25) is 0 Å². The van der Waals surface area contributed by atoms with Crippen molar-refractivity contribution in [3.05, 3.63) is 24.1 Å². The maximum Gasteiger partial charge on any atom is 0.141 e. The maximum atomic E-state index is 12.7. The first-order valence-corrected chi connectivity index (χ1v) is 5.05. The minimum absolute atomic E-state index is 0.116. The van der Waals surface area contributed by atoms with E-state index in [2.05, 4.69) is 4.98 Å². The number of aliphatic hydroxyl groups excluding tert-OH is 2. The second-order valence-corrected chi connectivity index (χ2v) is 4.32. The molecular formula is C11H17FN2O2. The predicted octanol–water partition coefficient (Wildman–Crippen LogP) is 0.648. The zero-order valence-corrected chi connectivity index (χ0v) is 9.52. The fourth-order valence-electron chi connectivity index (χ4n) is 1.40. The van der Waals surface area contributed by atoms with Gasteiger partial charge in [-0.1, -0.05) is 6.92 Å². The van der Waals surface area contributed by atoms with E-state index in [4.69, 9.17) is 10.2 Å². The third-order valence-corrected chi connectivity index (χ3v) is 2.49. The first-order chi connectivity index (χ1) is 7.50. The van der Waals surface area contributed by atoms with Crippen LogP contribution < -0.4 is 4.90 Å². The molecule has 0 aliphatic heterocycles. The molecule has 1 rings (SSSR count). The highest BCUT2D eigenvalue weighted by atomic mass is 19.1. The molecule has 1 heterocycles. The van der Waals surface area contributed by atoms with Crippen LogP contribution in [0.15, 0.2) is 18.3 Å². The normalized spacial score (nSPS) is 11.6. The van der Waals surface area contributed by atoms with Crippen molar-refractivity contribution in [1.82, 2.24) is 4.98 Å². The van der Waals surface area contributed by atoms with Gasteiger partial charge < -0.3 is 15.1 Å². The molecule has 0 aromatic carbocycles. The predicted molar refractivity (Wildman–Crippen MR) is 59.7 cm³/mol. The third-order valence-electron chi connectivity index (χ3n) is 2.49. The van der Waals surface area contributed by atoms with Gasteiger partial charge in [-0.15, -0.1) is 0 Å². The number of anilines is 1. The Balaban J connectivity index is 2.71. The Hall–Kier alpha value is -1.20. The molecule has 0 fully saturated rings. The molecule has 4 nitrogen and oxygen atoms in total. The van der Waals surface area contributed by atoms with Crippen LogP contribution in [0.4, 0.5) is 10.2 Å². The Morgan fingerprint density at radius 3 is 2.44 bits per heavy atom. The molecule has 0 aliphatic carbocycles. The smallest absolute Gasteiger partial charge is 0.141 e. The quantitative estimate of drug-likeness (QED) is 0.777. The molecule has 1 aromatic heterocycles. The average Bonchev–Trinajstić information content (AvgIpc) is 2.29. The van der Waals surface area contributed by atoms with Crippen molar-refractivity contribution in [2.75, 3.05) is 31.7 Å². The van der Waals surface area contributed by atoms with Gasteiger partial charge in [-0.3, -0.25) is 0 Å². The number of hydrogen-bond acceptors (Lipinski definition) is 4. The number of halogens is 1. The van der Waals surface area contributed by atoms with Gasteiger partial charge in [-0.25, -0.2) is 9.37 Å². The van der Waals surface area contributed by atoms with Crippen molar-refractivity contribution < 1.29 is 14.6 Å². The summed E-state index contributed by atoms with van der Waals surface area (Å²) in [7, 11) is 1.78. The SMILES string of the molecule is CN(CC(C)(CO)CO)c1ccc(F)cn1. The zero-order valence-electron chi connectivity index (χ0n) is 9.52. The highest BCUT2D eigenvalue weighted by Crippen LogP contribution is 2.19. The molecular weight excluding hydrogens is 211 g/mol. The molecule has 0 amide bonds. The largest absolute Gasteiger partial charge is 0.396 e. The molecule has 0 aliphatic rings. The number of nitrogens with zero attached hydrogens (tertiary/aromatic N) is 2. The number of rotatable bonds is 5. The van der Waals surface area contributed by atoms with E-state index in [1.807, 2.05) is 0 Å². The lowest BCUT2D eigenvalue weighted by atomic mass is 9.92. The molecule has 90 valence electrons. The fourth-order valence-corrected chi connectivity index (χ4v) is 1.40. The van der Waals surface area contributed by atoms with Gasteiger partial charge in [0.1, 0.15) is 11.6 Å². The van der Waals surface area contributed by atoms with Crippen LogP contribution in [0.3, 0.4) is 0 Å². The number of pyridine rings is 1. The first-order valence-electron chi connectivity index (χ1n) is 5.05. The molecule has 0 atom stereocenters. The highest BCUT2D eigenvalue weighted by Gasteiger charge is 2.24. The van der Waals surface area contributed by atoms with E-state index in [1.54, 1.807) is 24.9 Å². The van der Waals surface area contributed by atoms with Crippen LogP contribution >= 0.6 is 0 Å². The lowest BCUT2D eigenvalue weighted by molar-refractivity contribution is 0.0761. The minimum Gasteiger partial charge on any atom is -0.396 e. The van der Waals surface area contributed by atoms with Crippen LogP contribution in [-0.4, -0.2) is 42.0 Å². The van der Waals surface area contributed by atoms with E-state index in [1.165, 1.54) is 6.07 Å². The Morgan fingerprint density at radius 2 is 2.00 bits per heavy atom. The van der Waals surface area contributed by atoms with Gasteiger partial charge in [0.05, 0.1) is 19.4 Å². The molecule has 16 heavy (non-hydrogen) atoms. The summed E-state index contributed by atoms with van der Waals surface area (Å²) in [6, 6.07) is 2.89. The van der Waals surface area contributed by atoms with E-state index < -0.39 is 5.41 Å². The van der Waals surface area contributed by atoms with E-state index in [-0.39, 0.29) is 19.0 Å². The van der Waals surface area contributed by atoms with Gasteiger partial charge >= 0.3 is 0 Å². The summed E-state index contributed by atoms with van der Waals surface area (Å²) in [5.41, 5.74) is -0.592. The number of aliphatic hydroxyl groups is 2. The van der Waals surface area contributed by atoms with Gasteiger partial charge in [-0.2, -0.15) is 0 Å². The molecule has 1 aromatic rings. The molecule has 0 radical (unpaired) electrons. The number of hydrogen-bond donors (Lipinski definition) is 2. The first kappa shape index (κ1) is 12.9. The van der Waals surface area contributed by atoms with Crippen molar-refractivity contribution in [1.29, 1.82) is 0 Å². The Labute approximate surface area is 94.4 Å². The second-order valence-electron chi connectivity index (χ2n) is 4.32. The molecule has 0 saturated carbocycles. The molecule has 0 bridgehead atoms. The van der Waals surface area contributed by atoms with Gasteiger partial charge in [0, 0.05) is 19.0 Å². The monoisotopic (exact) mass is 228 g/mol. The molecule has 5 heteroatoms. The topological polar surface area (TPSA) is 56.6 Å². The lowest BCUT2D eigenvalue weighted by Crippen LogP contribution is -2.39. The summed E-state index contributed by atoms with van der Waals surface area (Å²) in [6.45, 7) is 1.98. The Morgan fingerprint density at radius 1 is 1.38 bits per heavy atom. The van der Waals surface area contributed by atoms with Crippen molar-refractivity contribution in [2.45, 2.75) is 6.92 Å². The van der Waals surface area contributed by atoms with Crippen molar-refractivity contribution >= 4 is 5.82 Å². The second kappa shape index (κ2) is 5.23. The van der Waals surface area contributed by atoms with Crippen LogP contribution in [0.5, 0.6) is 0 Å². The van der Waals surface area contributed by atoms with Crippen molar-refractivity contribution in [3.63, 3.8) is 0 Å². The van der Waals surface area contributed by atoms with Crippen molar-refractivity contribution in [2.24, 2.45) is 5.41 Å². The van der Waals surface area contributed by atoms with Crippen molar-refractivity contribution in [3.8, 4) is 0 Å². The van der Waals surface area contributed by atoms with Gasteiger partial charge in [0.15, 0.2) is 0 Å². The van der Waals surface area contributed by atoms with Crippen LogP contribution in [0.2, 0.25) is 0 Å². The molecule has 2 N–H and O–H groups in total. The van der Waals surface area contributed by atoms with E-state index in [9.17, 15) is 4.39 Å². The number of aromatic nitrogens is 1. The minimum atomic E-state index is -0.592. The van der Waals surface area contributed by atoms with E-state index in [0.29, 0.717) is 12.4 Å². The van der Waals surface area contributed by atoms with E-state index in [0.717, 1.165) is 6.20 Å². The fraction of sp³-hybridized carbons (Fsp3) is 0.545. The summed E-state index contributed by atoms with van der Waals surface area (Å²) in [6.07, 6.45) is 1.14. The van der Waals surface area contributed by atoms with Crippen LogP contribution in [0, 0.1) is 11.2 Å². The summed E-state index contributed by atoms with van der Waals surface area (Å²) in [5, 5.41) is 18.3. The van der Waals surface area contributed by atoms with Crippen LogP contribution in [-0.2, 0) is 0 Å². The van der Waals surface area contributed by atoms with Crippen LogP contribution in [0.1, 0.15) is 6.92 Å². The van der Waals surface area contributed by atoms with Gasteiger partial charge in [0.25, 0.3) is 0 Å². The Bertz CT molecular complexity index is 325. The zero-order chi connectivity index (χ0) is 12.2. The highest BCUT2D eigenvalue weighted by molar-refractivity contribution is 5.37. The third kappa shape index (κ3) is 3.15. The summed E-state index contributed by atoms with van der Waals surface area (Å²) in [4.78, 5) is 5.69. The summed E-state index contributed by atoms with van der Waals surface area (Å²) in [5.74, 6) is 0.221. The Kier molecular flexibility index (Phi) is 4.20. The van der Waals surface area contributed by atoms with E-state index >= 15 is 0 Å². The summed E-state index contributed by atoms with van der Waals surface area (Å²) >= 11 is 0. The average molecular weight is 228 g/mol. The van der Waals surface area contributed by atoms with Crippen LogP contribution in [0.25, 0.3) is 0 Å². The molecule has 0 saturated heterocycles. The molecule has 0 unspecified atom stereocenters.